The first kappa shape index (κ1) is 16.5. The fourth-order valence-electron chi connectivity index (χ4n) is 1.99. The molecule has 0 unspecified atom stereocenters. The van der Waals surface area contributed by atoms with E-state index in [0.717, 1.165) is 12.1 Å². The maximum Gasteiger partial charge on any atom is 0.416 e. The predicted octanol–water partition coefficient (Wildman–Crippen LogP) is 4.74. The van der Waals surface area contributed by atoms with Gasteiger partial charge in [0.15, 0.2) is 0 Å². The second kappa shape index (κ2) is 6.52. The summed E-state index contributed by atoms with van der Waals surface area (Å²) in [6.07, 6.45) is -4.35. The van der Waals surface area contributed by atoms with Crippen LogP contribution in [0.15, 0.2) is 53.0 Å². The zero-order valence-electron chi connectivity index (χ0n) is 11.7. The highest BCUT2D eigenvalue weighted by molar-refractivity contribution is 9.10. The quantitative estimate of drug-likeness (QED) is 0.762. The molecule has 22 heavy (non-hydrogen) atoms. The Bertz CT molecular complexity index is 668. The standard InChI is InChI=1S/C16H13BrF3NO/c1-21(15(22)13-4-2-3-5-14(13)17)10-11-6-8-12(9-7-11)16(18,19)20/h2-9H,10H2,1H3. The van der Waals surface area contributed by atoms with Gasteiger partial charge >= 0.3 is 6.18 Å². The summed E-state index contributed by atoms with van der Waals surface area (Å²) in [4.78, 5) is 13.8. The number of carbonyl (C=O) groups is 1. The summed E-state index contributed by atoms with van der Waals surface area (Å²) in [6.45, 7) is 0.234. The smallest absolute Gasteiger partial charge is 0.337 e. The Morgan fingerprint density at radius 3 is 2.23 bits per heavy atom. The molecule has 0 spiro atoms. The molecule has 6 heteroatoms. The van der Waals surface area contributed by atoms with Crippen LogP contribution in [-0.2, 0) is 12.7 Å². The average molecular weight is 372 g/mol. The molecular formula is C16H13BrF3NO. The number of halogens is 4. The molecule has 2 aromatic rings. The zero-order chi connectivity index (χ0) is 16.3. The zero-order valence-corrected chi connectivity index (χ0v) is 13.3. The molecule has 0 aliphatic rings. The highest BCUT2D eigenvalue weighted by Crippen LogP contribution is 2.29. The molecule has 0 radical (unpaired) electrons. The Labute approximate surface area is 134 Å². The summed E-state index contributed by atoms with van der Waals surface area (Å²) in [7, 11) is 1.61. The van der Waals surface area contributed by atoms with E-state index < -0.39 is 11.7 Å². The monoisotopic (exact) mass is 371 g/mol. The van der Waals surface area contributed by atoms with E-state index in [1.165, 1.54) is 17.0 Å². The van der Waals surface area contributed by atoms with Crippen LogP contribution in [0.4, 0.5) is 13.2 Å². The Morgan fingerprint density at radius 1 is 1.09 bits per heavy atom. The first-order valence-electron chi connectivity index (χ1n) is 6.45. The van der Waals surface area contributed by atoms with Gasteiger partial charge in [0.1, 0.15) is 0 Å². The van der Waals surface area contributed by atoms with Gasteiger partial charge in [0.05, 0.1) is 11.1 Å². The van der Waals surface area contributed by atoms with Gasteiger partial charge in [0, 0.05) is 18.1 Å². The lowest BCUT2D eigenvalue weighted by atomic mass is 10.1. The fraction of sp³-hybridized carbons (Fsp3) is 0.188. The van der Waals surface area contributed by atoms with Gasteiger partial charge in [-0.3, -0.25) is 4.79 Å². The minimum absolute atomic E-state index is 0.202. The van der Waals surface area contributed by atoms with Crippen LogP contribution in [0.3, 0.4) is 0 Å². The van der Waals surface area contributed by atoms with Crippen molar-refractivity contribution in [2.45, 2.75) is 12.7 Å². The lowest BCUT2D eigenvalue weighted by Gasteiger charge is -2.18. The number of nitrogens with zero attached hydrogens (tertiary/aromatic N) is 1. The molecule has 2 nitrogen and oxygen atoms in total. The van der Waals surface area contributed by atoms with Crippen molar-refractivity contribution < 1.29 is 18.0 Å². The lowest BCUT2D eigenvalue weighted by molar-refractivity contribution is -0.137. The topological polar surface area (TPSA) is 20.3 Å². The van der Waals surface area contributed by atoms with Crippen molar-refractivity contribution in [3.8, 4) is 0 Å². The highest BCUT2D eigenvalue weighted by atomic mass is 79.9. The van der Waals surface area contributed by atoms with E-state index in [1.54, 1.807) is 31.3 Å². The Hall–Kier alpha value is -1.82. The number of amides is 1. The van der Waals surface area contributed by atoms with Gasteiger partial charge in [-0.05, 0) is 45.8 Å². The molecule has 2 aromatic carbocycles. The lowest BCUT2D eigenvalue weighted by Crippen LogP contribution is -2.26. The van der Waals surface area contributed by atoms with Crippen LogP contribution in [0.25, 0.3) is 0 Å². The second-order valence-corrected chi connectivity index (χ2v) is 5.69. The molecule has 0 bridgehead atoms. The maximum absolute atomic E-state index is 12.5. The van der Waals surface area contributed by atoms with E-state index in [4.69, 9.17) is 0 Å². The molecule has 0 aliphatic heterocycles. The van der Waals surface area contributed by atoms with Crippen molar-refractivity contribution in [3.63, 3.8) is 0 Å². The normalized spacial score (nSPS) is 11.3. The van der Waals surface area contributed by atoms with Crippen molar-refractivity contribution >= 4 is 21.8 Å². The summed E-state index contributed by atoms with van der Waals surface area (Å²) >= 11 is 3.31. The average Bonchev–Trinajstić information content (AvgIpc) is 2.46. The van der Waals surface area contributed by atoms with Gasteiger partial charge in [0.25, 0.3) is 5.91 Å². The van der Waals surface area contributed by atoms with Crippen LogP contribution >= 0.6 is 15.9 Å². The van der Waals surface area contributed by atoms with Gasteiger partial charge in [-0.25, -0.2) is 0 Å². The Balaban J connectivity index is 2.10. The molecule has 0 N–H and O–H groups in total. The van der Waals surface area contributed by atoms with Gasteiger partial charge in [-0.1, -0.05) is 24.3 Å². The predicted molar refractivity (Wildman–Crippen MR) is 81.4 cm³/mol. The van der Waals surface area contributed by atoms with Crippen LogP contribution < -0.4 is 0 Å². The summed E-state index contributed by atoms with van der Waals surface area (Å²) in [6, 6.07) is 11.8. The highest BCUT2D eigenvalue weighted by Gasteiger charge is 2.30. The van der Waals surface area contributed by atoms with Crippen LogP contribution in [0, 0.1) is 0 Å². The molecule has 0 aromatic heterocycles. The third-order valence-electron chi connectivity index (χ3n) is 3.15. The number of carbonyl (C=O) groups excluding carboxylic acids is 1. The van der Waals surface area contributed by atoms with E-state index in [2.05, 4.69) is 15.9 Å². The third-order valence-corrected chi connectivity index (χ3v) is 3.84. The van der Waals surface area contributed by atoms with E-state index >= 15 is 0 Å². The van der Waals surface area contributed by atoms with Crippen molar-refractivity contribution in [2.75, 3.05) is 7.05 Å². The minimum atomic E-state index is -4.35. The molecule has 0 aliphatic carbocycles. The fourth-order valence-corrected chi connectivity index (χ4v) is 2.44. The van der Waals surface area contributed by atoms with Crippen LogP contribution in [0.2, 0.25) is 0 Å². The van der Waals surface area contributed by atoms with Crippen molar-refractivity contribution in [3.05, 3.63) is 69.7 Å². The SMILES string of the molecule is CN(Cc1ccc(C(F)(F)F)cc1)C(=O)c1ccccc1Br. The number of rotatable bonds is 3. The van der Waals surface area contributed by atoms with Crippen molar-refractivity contribution in [1.82, 2.24) is 4.90 Å². The maximum atomic E-state index is 12.5. The Morgan fingerprint density at radius 2 is 1.68 bits per heavy atom. The number of hydrogen-bond acceptors (Lipinski definition) is 1. The third kappa shape index (κ3) is 3.88. The number of hydrogen-bond donors (Lipinski definition) is 0. The summed E-state index contributed by atoms with van der Waals surface area (Å²) in [5, 5.41) is 0. The largest absolute Gasteiger partial charge is 0.416 e. The van der Waals surface area contributed by atoms with Crippen molar-refractivity contribution in [2.24, 2.45) is 0 Å². The summed E-state index contributed by atoms with van der Waals surface area (Å²) in [5.74, 6) is -0.202. The molecule has 2 rings (SSSR count). The summed E-state index contributed by atoms with van der Waals surface area (Å²) in [5.41, 5.74) is 0.448. The van der Waals surface area contributed by atoms with E-state index in [-0.39, 0.29) is 12.5 Å². The molecule has 116 valence electrons. The van der Waals surface area contributed by atoms with Gasteiger partial charge < -0.3 is 4.90 Å². The van der Waals surface area contributed by atoms with E-state index in [9.17, 15) is 18.0 Å². The van der Waals surface area contributed by atoms with Crippen molar-refractivity contribution in [1.29, 1.82) is 0 Å². The van der Waals surface area contributed by atoms with Gasteiger partial charge in [-0.15, -0.1) is 0 Å². The van der Waals surface area contributed by atoms with Crippen LogP contribution in [-0.4, -0.2) is 17.9 Å². The molecule has 0 atom stereocenters. The molecule has 0 saturated heterocycles. The van der Waals surface area contributed by atoms with Crippen LogP contribution in [0.5, 0.6) is 0 Å². The molecule has 0 heterocycles. The molecule has 0 fully saturated rings. The van der Waals surface area contributed by atoms with E-state index in [1.807, 2.05) is 0 Å². The summed E-state index contributed by atoms with van der Waals surface area (Å²) < 4.78 is 38.2. The van der Waals surface area contributed by atoms with Gasteiger partial charge in [0.2, 0.25) is 0 Å². The van der Waals surface area contributed by atoms with Crippen LogP contribution in [0.1, 0.15) is 21.5 Å². The van der Waals surface area contributed by atoms with E-state index in [0.29, 0.717) is 15.6 Å². The number of alkyl halides is 3. The number of benzene rings is 2. The first-order valence-corrected chi connectivity index (χ1v) is 7.24. The second-order valence-electron chi connectivity index (χ2n) is 4.84. The first-order chi connectivity index (χ1) is 10.3. The Kier molecular flexibility index (Phi) is 4.90. The molecule has 0 saturated carbocycles. The molecular weight excluding hydrogens is 359 g/mol. The minimum Gasteiger partial charge on any atom is -0.337 e. The molecule has 1 amide bonds. The van der Waals surface area contributed by atoms with Gasteiger partial charge in [-0.2, -0.15) is 13.2 Å².